The van der Waals surface area contributed by atoms with Crippen molar-refractivity contribution in [2.24, 2.45) is 5.92 Å². The molecule has 4 rings (SSSR count). The van der Waals surface area contributed by atoms with Crippen molar-refractivity contribution < 1.29 is 4.74 Å². The molecule has 7 heteroatoms. The highest BCUT2D eigenvalue weighted by Gasteiger charge is 2.25. The first-order valence-corrected chi connectivity index (χ1v) is 10.9. The van der Waals surface area contributed by atoms with Gasteiger partial charge in [-0.15, -0.1) is 0 Å². The Balaban J connectivity index is 1.41. The molecule has 6 nitrogen and oxygen atoms in total. The van der Waals surface area contributed by atoms with Crippen LogP contribution in [0.3, 0.4) is 0 Å². The van der Waals surface area contributed by atoms with Gasteiger partial charge in [0.05, 0.1) is 4.47 Å². The van der Waals surface area contributed by atoms with Crippen molar-refractivity contribution in [1.29, 1.82) is 0 Å². The predicted molar refractivity (Wildman–Crippen MR) is 129 cm³/mol. The first kappa shape index (κ1) is 20.9. The SMILES string of the molecule is C=C(/C=C(\NC)C1CC1)Nc1nc(Nc2ccc(Oc3ccccc3)cc2)ncc1Br. The van der Waals surface area contributed by atoms with Gasteiger partial charge >= 0.3 is 0 Å². The lowest BCUT2D eigenvalue weighted by atomic mass is 10.2. The molecule has 0 saturated heterocycles. The summed E-state index contributed by atoms with van der Waals surface area (Å²) < 4.78 is 6.59. The molecular weight excluding hydrogens is 454 g/mol. The Labute approximate surface area is 190 Å². The van der Waals surface area contributed by atoms with E-state index in [1.807, 2.05) is 67.7 Å². The topological polar surface area (TPSA) is 71.1 Å². The van der Waals surface area contributed by atoms with Gasteiger partial charge < -0.3 is 20.7 Å². The van der Waals surface area contributed by atoms with Gasteiger partial charge in [0, 0.05) is 30.3 Å². The van der Waals surface area contributed by atoms with Gasteiger partial charge in [0.25, 0.3) is 0 Å². The molecule has 3 aromatic rings. The van der Waals surface area contributed by atoms with Crippen LogP contribution in [0, 0.1) is 5.92 Å². The zero-order valence-electron chi connectivity index (χ0n) is 17.2. The summed E-state index contributed by atoms with van der Waals surface area (Å²) in [5.41, 5.74) is 2.82. The van der Waals surface area contributed by atoms with Crippen molar-refractivity contribution in [3.63, 3.8) is 0 Å². The number of hydrogen-bond donors (Lipinski definition) is 3. The number of aromatic nitrogens is 2. The number of benzene rings is 2. The van der Waals surface area contributed by atoms with Gasteiger partial charge in [-0.1, -0.05) is 24.8 Å². The molecule has 1 heterocycles. The molecule has 0 atom stereocenters. The minimum absolute atomic E-state index is 0.482. The third-order valence-corrected chi connectivity index (χ3v) is 5.33. The van der Waals surface area contributed by atoms with Crippen LogP contribution in [-0.2, 0) is 0 Å². The monoisotopic (exact) mass is 477 g/mol. The Hall–Kier alpha value is -3.32. The fourth-order valence-corrected chi connectivity index (χ4v) is 3.33. The van der Waals surface area contributed by atoms with E-state index in [-0.39, 0.29) is 0 Å². The lowest BCUT2D eigenvalue weighted by molar-refractivity contribution is 0.483. The Morgan fingerprint density at radius 3 is 2.48 bits per heavy atom. The van der Waals surface area contributed by atoms with E-state index in [2.05, 4.69) is 48.4 Å². The number of nitrogens with one attached hydrogen (secondary N) is 3. The van der Waals surface area contributed by atoms with Crippen LogP contribution >= 0.6 is 15.9 Å². The predicted octanol–water partition coefficient (Wildman–Crippen LogP) is 6.21. The van der Waals surface area contributed by atoms with Crippen LogP contribution in [-0.4, -0.2) is 17.0 Å². The molecule has 1 fully saturated rings. The molecule has 1 saturated carbocycles. The highest BCUT2D eigenvalue weighted by molar-refractivity contribution is 9.10. The molecule has 0 aliphatic heterocycles. The van der Waals surface area contributed by atoms with Gasteiger partial charge in [0.1, 0.15) is 17.3 Å². The Kier molecular flexibility index (Phi) is 6.52. The van der Waals surface area contributed by atoms with Crippen LogP contribution in [0.4, 0.5) is 17.5 Å². The number of anilines is 3. The standard InChI is InChI=1S/C24H24BrN5O/c1-16(14-22(26-2)17-8-9-17)28-23-21(25)15-27-24(30-23)29-18-10-12-20(13-11-18)31-19-6-4-3-5-7-19/h3-7,10-15,17,26H,1,8-9H2,2H3,(H2,27,28,29,30)/b22-14-. The molecule has 1 aliphatic carbocycles. The van der Waals surface area contributed by atoms with Crippen molar-refractivity contribution in [1.82, 2.24) is 15.3 Å². The third kappa shape index (κ3) is 5.86. The van der Waals surface area contributed by atoms with Crippen LogP contribution in [0.2, 0.25) is 0 Å². The first-order chi connectivity index (χ1) is 15.1. The van der Waals surface area contributed by atoms with E-state index in [1.54, 1.807) is 6.20 Å². The second-order valence-corrected chi connectivity index (χ2v) is 8.08. The van der Waals surface area contributed by atoms with E-state index in [0.717, 1.165) is 27.4 Å². The second kappa shape index (κ2) is 9.66. The number of allylic oxidation sites excluding steroid dienone is 2. The van der Waals surface area contributed by atoms with Crippen LogP contribution in [0.1, 0.15) is 12.8 Å². The van der Waals surface area contributed by atoms with Crippen molar-refractivity contribution in [2.45, 2.75) is 12.8 Å². The smallest absolute Gasteiger partial charge is 0.229 e. The fraction of sp³-hybridized carbons (Fsp3) is 0.167. The van der Waals surface area contributed by atoms with Crippen LogP contribution in [0.5, 0.6) is 11.5 Å². The molecule has 0 spiro atoms. The minimum Gasteiger partial charge on any atom is -0.457 e. The fourth-order valence-electron chi connectivity index (χ4n) is 3.04. The summed E-state index contributed by atoms with van der Waals surface area (Å²) in [4.78, 5) is 8.92. The highest BCUT2D eigenvalue weighted by atomic mass is 79.9. The van der Waals surface area contributed by atoms with Crippen LogP contribution in [0.25, 0.3) is 0 Å². The van der Waals surface area contributed by atoms with Gasteiger partial charge in [-0.2, -0.15) is 4.98 Å². The van der Waals surface area contributed by atoms with Crippen molar-refractivity contribution >= 4 is 33.4 Å². The summed E-state index contributed by atoms with van der Waals surface area (Å²) >= 11 is 3.50. The average molecular weight is 478 g/mol. The largest absolute Gasteiger partial charge is 0.457 e. The molecule has 2 aromatic carbocycles. The number of hydrogen-bond acceptors (Lipinski definition) is 6. The van der Waals surface area contributed by atoms with E-state index < -0.39 is 0 Å². The number of rotatable bonds is 9. The Morgan fingerprint density at radius 2 is 1.81 bits per heavy atom. The molecule has 1 aromatic heterocycles. The van der Waals surface area contributed by atoms with Crippen LogP contribution < -0.4 is 20.7 Å². The number of halogens is 1. The van der Waals surface area contributed by atoms with E-state index in [4.69, 9.17) is 4.74 Å². The maximum absolute atomic E-state index is 5.83. The van der Waals surface area contributed by atoms with E-state index in [9.17, 15) is 0 Å². The van der Waals surface area contributed by atoms with Crippen molar-refractivity contribution in [3.05, 3.63) is 89.3 Å². The normalized spacial score (nSPS) is 13.4. The van der Waals surface area contributed by atoms with E-state index >= 15 is 0 Å². The quantitative estimate of drug-likeness (QED) is 0.318. The minimum atomic E-state index is 0.482. The zero-order chi connectivity index (χ0) is 21.6. The van der Waals surface area contributed by atoms with Gasteiger partial charge in [0.15, 0.2) is 0 Å². The van der Waals surface area contributed by atoms with Gasteiger partial charge in [0.2, 0.25) is 5.95 Å². The van der Waals surface area contributed by atoms with Gasteiger partial charge in [-0.25, -0.2) is 4.98 Å². The van der Waals surface area contributed by atoms with E-state index in [1.165, 1.54) is 18.5 Å². The molecule has 0 unspecified atom stereocenters. The number of para-hydroxylation sites is 1. The molecule has 0 amide bonds. The third-order valence-electron chi connectivity index (χ3n) is 4.75. The van der Waals surface area contributed by atoms with Gasteiger partial charge in [-0.05, 0) is 77.2 Å². The molecular formula is C24H24BrN5O. The average Bonchev–Trinajstić information content (AvgIpc) is 3.62. The van der Waals surface area contributed by atoms with Gasteiger partial charge in [-0.3, -0.25) is 0 Å². The van der Waals surface area contributed by atoms with E-state index in [0.29, 0.717) is 17.7 Å². The molecule has 3 N–H and O–H groups in total. The number of ether oxygens (including phenoxy) is 1. The Bertz CT molecular complexity index is 1080. The molecule has 31 heavy (non-hydrogen) atoms. The summed E-state index contributed by atoms with van der Waals surface area (Å²) in [6, 6.07) is 17.3. The number of nitrogens with zero attached hydrogens (tertiary/aromatic N) is 2. The van der Waals surface area contributed by atoms with Crippen molar-refractivity contribution in [3.8, 4) is 11.5 Å². The maximum atomic E-state index is 5.83. The summed E-state index contributed by atoms with van der Waals surface area (Å²) in [6.45, 7) is 4.10. The molecule has 0 bridgehead atoms. The van der Waals surface area contributed by atoms with Crippen LogP contribution in [0.15, 0.2) is 89.3 Å². The maximum Gasteiger partial charge on any atom is 0.229 e. The molecule has 158 valence electrons. The molecule has 0 radical (unpaired) electrons. The Morgan fingerprint density at radius 1 is 1.10 bits per heavy atom. The zero-order valence-corrected chi connectivity index (χ0v) is 18.8. The lowest BCUT2D eigenvalue weighted by Gasteiger charge is -2.12. The summed E-state index contributed by atoms with van der Waals surface area (Å²) in [5.74, 6) is 3.30. The lowest BCUT2D eigenvalue weighted by Crippen LogP contribution is -2.10. The van der Waals surface area contributed by atoms with Crippen molar-refractivity contribution in [2.75, 3.05) is 17.7 Å². The summed E-state index contributed by atoms with van der Waals surface area (Å²) in [6.07, 6.45) is 6.19. The summed E-state index contributed by atoms with van der Waals surface area (Å²) in [5, 5.41) is 9.72. The second-order valence-electron chi connectivity index (χ2n) is 7.23. The highest BCUT2D eigenvalue weighted by Crippen LogP contribution is 2.35. The molecule has 1 aliphatic rings. The summed E-state index contributed by atoms with van der Waals surface area (Å²) in [7, 11) is 1.94. The first-order valence-electron chi connectivity index (χ1n) is 10.1.